The molecule has 6 atom stereocenters. The predicted molar refractivity (Wildman–Crippen MR) is 149 cm³/mol. The molecule has 212 valence electrons. The molecule has 8 heteroatoms. The number of aliphatic hydroxyl groups is 1. The van der Waals surface area contributed by atoms with Crippen LogP contribution in [0.5, 0.6) is 0 Å². The fraction of sp³-hybridized carbons (Fsp3) is 0.581. The first-order valence-electron chi connectivity index (χ1n) is 14.0. The van der Waals surface area contributed by atoms with Crippen LogP contribution in [0.3, 0.4) is 0 Å². The summed E-state index contributed by atoms with van der Waals surface area (Å²) in [6.45, 7) is 14.3. The SMILES string of the molecule is C=CCN(C)C(=O)[C@@H]1[C@H]2C(=O)N([C@@H](CO)CC(C)C)C(C(=O)N(CC=C)Cc3ccccc3)C23CC[C@@]1(C)O3. The van der Waals surface area contributed by atoms with Gasteiger partial charge in [-0.2, -0.15) is 0 Å². The minimum atomic E-state index is -1.14. The van der Waals surface area contributed by atoms with Crippen LogP contribution in [0.15, 0.2) is 55.6 Å². The highest BCUT2D eigenvalue weighted by atomic mass is 16.5. The molecule has 4 rings (SSSR count). The van der Waals surface area contributed by atoms with Gasteiger partial charge in [0.25, 0.3) is 0 Å². The number of hydrogen-bond acceptors (Lipinski definition) is 5. The molecule has 0 aromatic heterocycles. The van der Waals surface area contributed by atoms with Crippen molar-refractivity contribution in [3.8, 4) is 0 Å². The van der Waals surface area contributed by atoms with Crippen LogP contribution in [-0.4, -0.2) is 87.6 Å². The molecule has 3 heterocycles. The number of amides is 3. The Morgan fingerprint density at radius 2 is 1.82 bits per heavy atom. The smallest absolute Gasteiger partial charge is 0.249 e. The van der Waals surface area contributed by atoms with Gasteiger partial charge in [0.1, 0.15) is 11.6 Å². The summed E-state index contributed by atoms with van der Waals surface area (Å²) in [5, 5.41) is 10.5. The second-order valence-electron chi connectivity index (χ2n) is 11.9. The lowest BCUT2D eigenvalue weighted by molar-refractivity contribution is -0.156. The van der Waals surface area contributed by atoms with E-state index in [4.69, 9.17) is 4.74 Å². The Hall–Kier alpha value is -2.97. The zero-order chi connectivity index (χ0) is 28.5. The van der Waals surface area contributed by atoms with Crippen molar-refractivity contribution < 1.29 is 24.2 Å². The first kappa shape index (κ1) is 29.0. The van der Waals surface area contributed by atoms with Crippen molar-refractivity contribution in [1.29, 1.82) is 0 Å². The Morgan fingerprint density at radius 3 is 2.41 bits per heavy atom. The number of fused-ring (bicyclic) bond motifs is 1. The average molecular weight is 538 g/mol. The van der Waals surface area contributed by atoms with Crippen molar-refractivity contribution in [1.82, 2.24) is 14.7 Å². The Morgan fingerprint density at radius 1 is 1.15 bits per heavy atom. The van der Waals surface area contributed by atoms with E-state index in [1.807, 2.05) is 51.1 Å². The topological polar surface area (TPSA) is 90.4 Å². The first-order chi connectivity index (χ1) is 18.5. The fourth-order valence-corrected chi connectivity index (χ4v) is 7.12. The van der Waals surface area contributed by atoms with Crippen LogP contribution in [0.2, 0.25) is 0 Å². The van der Waals surface area contributed by atoms with Crippen molar-refractivity contribution in [3.05, 3.63) is 61.2 Å². The van der Waals surface area contributed by atoms with Crippen LogP contribution in [0.4, 0.5) is 0 Å². The molecule has 1 spiro atoms. The van der Waals surface area contributed by atoms with Crippen molar-refractivity contribution in [2.75, 3.05) is 26.7 Å². The highest BCUT2D eigenvalue weighted by Crippen LogP contribution is 2.64. The summed E-state index contributed by atoms with van der Waals surface area (Å²) in [7, 11) is 1.70. The molecule has 3 aliphatic heterocycles. The molecule has 3 saturated heterocycles. The summed E-state index contributed by atoms with van der Waals surface area (Å²) in [5.41, 5.74) is -1.03. The molecule has 1 aromatic rings. The number of hydrogen-bond donors (Lipinski definition) is 1. The summed E-state index contributed by atoms with van der Waals surface area (Å²) in [4.78, 5) is 47.6. The summed E-state index contributed by atoms with van der Waals surface area (Å²) < 4.78 is 6.76. The quantitative estimate of drug-likeness (QED) is 0.414. The first-order valence-corrected chi connectivity index (χ1v) is 14.0. The van der Waals surface area contributed by atoms with E-state index in [2.05, 4.69) is 13.2 Å². The Kier molecular flexibility index (Phi) is 8.38. The van der Waals surface area contributed by atoms with Gasteiger partial charge in [0.05, 0.1) is 30.1 Å². The zero-order valence-corrected chi connectivity index (χ0v) is 23.7. The monoisotopic (exact) mass is 537 g/mol. The van der Waals surface area contributed by atoms with Crippen LogP contribution < -0.4 is 0 Å². The van der Waals surface area contributed by atoms with E-state index in [1.165, 1.54) is 0 Å². The number of aliphatic hydroxyl groups excluding tert-OH is 1. The van der Waals surface area contributed by atoms with Crippen LogP contribution >= 0.6 is 0 Å². The van der Waals surface area contributed by atoms with E-state index in [1.54, 1.807) is 33.9 Å². The summed E-state index contributed by atoms with van der Waals surface area (Å²) in [6.07, 6.45) is 4.93. The second kappa shape index (κ2) is 11.3. The van der Waals surface area contributed by atoms with Gasteiger partial charge in [-0.15, -0.1) is 13.2 Å². The summed E-state index contributed by atoms with van der Waals surface area (Å²) in [6, 6.07) is 8.18. The van der Waals surface area contributed by atoms with Gasteiger partial charge in [-0.3, -0.25) is 14.4 Å². The van der Waals surface area contributed by atoms with Gasteiger partial charge in [0.15, 0.2) is 0 Å². The van der Waals surface area contributed by atoms with E-state index in [0.717, 1.165) is 5.56 Å². The number of carbonyl (C=O) groups is 3. The number of benzene rings is 1. The lowest BCUT2D eigenvalue weighted by Gasteiger charge is -2.40. The van der Waals surface area contributed by atoms with Gasteiger partial charge in [-0.1, -0.05) is 56.3 Å². The van der Waals surface area contributed by atoms with Crippen molar-refractivity contribution in [2.45, 2.75) is 69.9 Å². The van der Waals surface area contributed by atoms with Crippen molar-refractivity contribution >= 4 is 17.7 Å². The third-order valence-corrected chi connectivity index (χ3v) is 8.72. The lowest BCUT2D eigenvalue weighted by atomic mass is 9.66. The molecule has 3 aliphatic rings. The van der Waals surface area contributed by atoms with Crippen molar-refractivity contribution in [2.24, 2.45) is 17.8 Å². The van der Waals surface area contributed by atoms with Gasteiger partial charge >= 0.3 is 0 Å². The molecular weight excluding hydrogens is 494 g/mol. The largest absolute Gasteiger partial charge is 0.394 e. The lowest BCUT2D eigenvalue weighted by Crippen LogP contribution is -2.58. The Balaban J connectivity index is 1.81. The highest BCUT2D eigenvalue weighted by Gasteiger charge is 2.78. The number of likely N-dealkylation sites (tertiary alicyclic amines) is 1. The van der Waals surface area contributed by atoms with E-state index in [-0.39, 0.29) is 30.2 Å². The predicted octanol–water partition coefficient (Wildman–Crippen LogP) is 3.02. The molecule has 0 aliphatic carbocycles. The third kappa shape index (κ3) is 4.93. The Bertz CT molecular complexity index is 1110. The van der Waals surface area contributed by atoms with Crippen LogP contribution in [-0.2, 0) is 25.7 Å². The molecule has 3 fully saturated rings. The number of carbonyl (C=O) groups excluding carboxylic acids is 3. The normalized spacial score (nSPS) is 29.8. The average Bonchev–Trinajstić information content (AvgIpc) is 3.47. The van der Waals surface area contributed by atoms with E-state index < -0.39 is 35.1 Å². The second-order valence-corrected chi connectivity index (χ2v) is 11.9. The maximum Gasteiger partial charge on any atom is 0.249 e. The van der Waals surface area contributed by atoms with Gasteiger partial charge < -0.3 is 24.5 Å². The minimum absolute atomic E-state index is 0.179. The summed E-state index contributed by atoms with van der Waals surface area (Å²) in [5.74, 6) is -2.03. The maximum absolute atomic E-state index is 14.6. The molecule has 2 bridgehead atoms. The molecule has 0 saturated carbocycles. The van der Waals surface area contributed by atoms with Crippen LogP contribution in [0.25, 0.3) is 0 Å². The highest BCUT2D eigenvalue weighted by molar-refractivity contribution is 5.99. The molecule has 1 aromatic carbocycles. The number of ether oxygens (including phenoxy) is 1. The number of rotatable bonds is 12. The number of nitrogens with zero attached hydrogens (tertiary/aromatic N) is 3. The molecular formula is C31H43N3O5. The Labute approximate surface area is 232 Å². The third-order valence-electron chi connectivity index (χ3n) is 8.72. The van der Waals surface area contributed by atoms with Gasteiger partial charge in [0, 0.05) is 26.7 Å². The van der Waals surface area contributed by atoms with E-state index in [9.17, 15) is 19.5 Å². The van der Waals surface area contributed by atoms with Gasteiger partial charge in [-0.05, 0) is 37.7 Å². The standard InChI is InChI=1S/C31H43N3O5/c1-7-16-32(6)27(36)24-25-28(37)34(23(20-35)18-21(3)4)26(31(25)15-14-30(24,5)39-31)29(38)33(17-8-2)19-22-12-10-9-11-13-22/h7-13,21,23-26,35H,1-2,14-20H2,3-6H3/t23-,24+,25+,26?,30-,31?/m1/s1. The van der Waals surface area contributed by atoms with Gasteiger partial charge in [-0.25, -0.2) is 0 Å². The molecule has 1 N–H and O–H groups in total. The maximum atomic E-state index is 14.6. The van der Waals surface area contributed by atoms with Gasteiger partial charge in [0.2, 0.25) is 17.7 Å². The van der Waals surface area contributed by atoms with Crippen LogP contribution in [0.1, 0.15) is 45.6 Å². The number of likely N-dealkylation sites (N-methyl/N-ethyl adjacent to an activating group) is 1. The van der Waals surface area contributed by atoms with Crippen LogP contribution in [0, 0.1) is 17.8 Å². The molecule has 0 radical (unpaired) electrons. The molecule has 39 heavy (non-hydrogen) atoms. The molecule has 3 amide bonds. The van der Waals surface area contributed by atoms with E-state index in [0.29, 0.717) is 38.9 Å². The van der Waals surface area contributed by atoms with Crippen molar-refractivity contribution in [3.63, 3.8) is 0 Å². The molecule has 8 nitrogen and oxygen atoms in total. The summed E-state index contributed by atoms with van der Waals surface area (Å²) >= 11 is 0. The zero-order valence-electron chi connectivity index (χ0n) is 23.7. The minimum Gasteiger partial charge on any atom is -0.394 e. The fourth-order valence-electron chi connectivity index (χ4n) is 7.12. The molecule has 2 unspecified atom stereocenters. The van der Waals surface area contributed by atoms with E-state index >= 15 is 0 Å².